The van der Waals surface area contributed by atoms with E-state index in [-0.39, 0.29) is 11.0 Å². The van der Waals surface area contributed by atoms with Crippen molar-refractivity contribution in [1.82, 2.24) is 5.32 Å². The summed E-state index contributed by atoms with van der Waals surface area (Å²) in [5.74, 6) is 1.00. The van der Waals surface area contributed by atoms with Crippen LogP contribution >= 0.6 is 50.7 Å². The molecule has 1 aromatic heterocycles. The maximum atomic E-state index is 12.1. The van der Waals surface area contributed by atoms with Gasteiger partial charge in [-0.15, -0.1) is 0 Å². The number of hydrogen-bond acceptors (Lipinski definition) is 3. The molecule has 136 valence electrons. The molecule has 0 fully saturated rings. The molecular weight excluding hydrogens is 539 g/mol. The number of anilines is 1. The number of hydrogen-bond donors (Lipinski definition) is 2. The van der Waals surface area contributed by atoms with E-state index in [0.717, 1.165) is 25.1 Å². The predicted molar refractivity (Wildman–Crippen MR) is 124 cm³/mol. The molecule has 0 atom stereocenters. The zero-order valence-corrected chi connectivity index (χ0v) is 18.5. The van der Waals surface area contributed by atoms with Crippen LogP contribution in [0.15, 0.2) is 75.6 Å². The number of carbonyl (C=O) groups is 1. The van der Waals surface area contributed by atoms with Gasteiger partial charge < -0.3 is 9.73 Å². The van der Waals surface area contributed by atoms with Crippen LogP contribution in [-0.2, 0) is 4.79 Å². The molecule has 3 rings (SSSR count). The van der Waals surface area contributed by atoms with Crippen molar-refractivity contribution < 1.29 is 9.21 Å². The number of furan rings is 1. The molecule has 27 heavy (non-hydrogen) atoms. The lowest BCUT2D eigenvalue weighted by Gasteiger charge is -2.10. The van der Waals surface area contributed by atoms with Crippen molar-refractivity contribution in [3.63, 3.8) is 0 Å². The van der Waals surface area contributed by atoms with Crippen LogP contribution in [0.2, 0.25) is 0 Å². The van der Waals surface area contributed by atoms with E-state index in [9.17, 15) is 4.79 Å². The highest BCUT2D eigenvalue weighted by molar-refractivity contribution is 14.1. The van der Waals surface area contributed by atoms with Crippen molar-refractivity contribution in [2.24, 2.45) is 0 Å². The summed E-state index contributed by atoms with van der Waals surface area (Å²) in [7, 11) is 0. The summed E-state index contributed by atoms with van der Waals surface area (Å²) < 4.78 is 7.69. The standard InChI is InChI=1S/C20H14BrIN2O2S/c21-14-6-9-17(16(22)12-14)23-20(27)24-19(25)11-8-15-7-10-18(26-15)13-4-2-1-3-5-13/h1-12H,(H2,23,24,25,27)/b11-8+. The first-order chi connectivity index (χ1) is 13.0. The normalized spacial score (nSPS) is 10.7. The van der Waals surface area contributed by atoms with Crippen LogP contribution < -0.4 is 10.6 Å². The third-order valence-corrected chi connectivity index (χ3v) is 5.09. The summed E-state index contributed by atoms with van der Waals surface area (Å²) >= 11 is 10.8. The summed E-state index contributed by atoms with van der Waals surface area (Å²) in [5.41, 5.74) is 1.81. The van der Waals surface area contributed by atoms with Gasteiger partial charge in [0, 0.05) is 19.7 Å². The number of halogens is 2. The number of nitrogens with one attached hydrogen (secondary N) is 2. The van der Waals surface area contributed by atoms with Gasteiger partial charge >= 0.3 is 0 Å². The highest BCUT2D eigenvalue weighted by atomic mass is 127. The monoisotopic (exact) mass is 552 g/mol. The molecule has 1 heterocycles. The van der Waals surface area contributed by atoms with E-state index in [4.69, 9.17) is 16.6 Å². The summed E-state index contributed by atoms with van der Waals surface area (Å²) in [6, 6.07) is 19.2. The zero-order valence-electron chi connectivity index (χ0n) is 13.9. The Morgan fingerprint density at radius 2 is 1.89 bits per heavy atom. The minimum atomic E-state index is -0.336. The maximum Gasteiger partial charge on any atom is 0.250 e. The van der Waals surface area contributed by atoms with Crippen LogP contribution in [0, 0.1) is 3.57 Å². The summed E-state index contributed by atoms with van der Waals surface area (Å²) in [5, 5.41) is 5.85. The molecule has 0 saturated heterocycles. The molecule has 0 spiro atoms. The minimum Gasteiger partial charge on any atom is -0.457 e. The second-order valence-electron chi connectivity index (χ2n) is 5.47. The lowest BCUT2D eigenvalue weighted by molar-refractivity contribution is -0.115. The van der Waals surface area contributed by atoms with E-state index < -0.39 is 0 Å². The van der Waals surface area contributed by atoms with E-state index in [1.165, 1.54) is 6.08 Å². The third-order valence-electron chi connectivity index (χ3n) is 3.50. The van der Waals surface area contributed by atoms with E-state index >= 15 is 0 Å². The quantitative estimate of drug-likeness (QED) is 0.242. The fraction of sp³-hybridized carbons (Fsp3) is 0. The second-order valence-corrected chi connectivity index (χ2v) is 7.96. The SMILES string of the molecule is O=C(/C=C/c1ccc(-c2ccccc2)o1)NC(=S)Nc1ccc(Br)cc1I. The first-order valence-corrected chi connectivity index (χ1v) is 10.2. The van der Waals surface area contributed by atoms with Crippen molar-refractivity contribution in [1.29, 1.82) is 0 Å². The lowest BCUT2D eigenvalue weighted by Crippen LogP contribution is -2.33. The lowest BCUT2D eigenvalue weighted by atomic mass is 10.2. The average Bonchev–Trinajstić information content (AvgIpc) is 3.12. The van der Waals surface area contributed by atoms with Crippen molar-refractivity contribution in [3.05, 3.63) is 80.5 Å². The highest BCUT2D eigenvalue weighted by Crippen LogP contribution is 2.23. The number of thiocarbonyl (C=S) groups is 1. The van der Waals surface area contributed by atoms with Gasteiger partial charge in [-0.05, 0) is 71.2 Å². The van der Waals surface area contributed by atoms with Crippen LogP contribution in [0.5, 0.6) is 0 Å². The van der Waals surface area contributed by atoms with Crippen molar-refractivity contribution in [3.8, 4) is 11.3 Å². The molecule has 0 aliphatic carbocycles. The molecule has 0 radical (unpaired) electrons. The van der Waals surface area contributed by atoms with Crippen molar-refractivity contribution >= 4 is 73.5 Å². The number of carbonyl (C=O) groups excluding carboxylic acids is 1. The first-order valence-electron chi connectivity index (χ1n) is 7.91. The maximum absolute atomic E-state index is 12.1. The van der Waals surface area contributed by atoms with Gasteiger partial charge in [0.15, 0.2) is 5.11 Å². The summed E-state index contributed by atoms with van der Waals surface area (Å²) in [6.45, 7) is 0. The predicted octanol–water partition coefficient (Wildman–Crippen LogP) is 5.84. The van der Waals surface area contributed by atoms with Gasteiger partial charge in [0.25, 0.3) is 0 Å². The number of rotatable bonds is 4. The Balaban J connectivity index is 1.57. The molecule has 4 nitrogen and oxygen atoms in total. The molecule has 0 bridgehead atoms. The molecule has 0 aliphatic heterocycles. The van der Waals surface area contributed by atoms with E-state index in [1.807, 2.05) is 60.7 Å². The van der Waals surface area contributed by atoms with E-state index in [1.54, 1.807) is 6.08 Å². The largest absolute Gasteiger partial charge is 0.457 e. The fourth-order valence-electron chi connectivity index (χ4n) is 2.26. The Bertz CT molecular complexity index is 1000. The van der Waals surface area contributed by atoms with Crippen LogP contribution in [0.3, 0.4) is 0 Å². The molecule has 3 aromatic rings. The molecule has 7 heteroatoms. The van der Waals surface area contributed by atoms with E-state index in [2.05, 4.69) is 49.2 Å². The highest BCUT2D eigenvalue weighted by Gasteiger charge is 2.06. The van der Waals surface area contributed by atoms with Crippen LogP contribution in [0.4, 0.5) is 5.69 Å². The topological polar surface area (TPSA) is 54.3 Å². The Labute approximate surface area is 184 Å². The number of amides is 1. The van der Waals surface area contributed by atoms with Crippen LogP contribution in [0.25, 0.3) is 17.4 Å². The van der Waals surface area contributed by atoms with Gasteiger partial charge in [0.05, 0.1) is 5.69 Å². The van der Waals surface area contributed by atoms with Crippen LogP contribution in [-0.4, -0.2) is 11.0 Å². The van der Waals surface area contributed by atoms with Crippen molar-refractivity contribution in [2.75, 3.05) is 5.32 Å². The summed E-state index contributed by atoms with van der Waals surface area (Å²) in [4.78, 5) is 12.1. The molecule has 1 amide bonds. The number of benzene rings is 2. The Hall–Kier alpha value is -1.97. The van der Waals surface area contributed by atoms with Gasteiger partial charge in [-0.2, -0.15) is 0 Å². The van der Waals surface area contributed by atoms with Gasteiger partial charge in [-0.25, -0.2) is 0 Å². The van der Waals surface area contributed by atoms with Gasteiger partial charge in [-0.3, -0.25) is 10.1 Å². The Morgan fingerprint density at radius 1 is 1.11 bits per heavy atom. The Morgan fingerprint density at radius 3 is 2.63 bits per heavy atom. The summed E-state index contributed by atoms with van der Waals surface area (Å²) in [6.07, 6.45) is 2.99. The van der Waals surface area contributed by atoms with Gasteiger partial charge in [0.2, 0.25) is 5.91 Å². The Kier molecular flexibility index (Phi) is 6.81. The van der Waals surface area contributed by atoms with E-state index in [0.29, 0.717) is 5.76 Å². The van der Waals surface area contributed by atoms with Gasteiger partial charge in [-0.1, -0.05) is 46.3 Å². The minimum absolute atomic E-state index is 0.231. The first kappa shape index (κ1) is 19.8. The van der Waals surface area contributed by atoms with Crippen molar-refractivity contribution in [2.45, 2.75) is 0 Å². The van der Waals surface area contributed by atoms with Gasteiger partial charge in [0.1, 0.15) is 11.5 Å². The third kappa shape index (κ3) is 5.75. The molecule has 0 aliphatic rings. The molecule has 0 saturated carbocycles. The zero-order chi connectivity index (χ0) is 19.2. The molecule has 0 unspecified atom stereocenters. The molecular formula is C20H14BrIN2O2S. The smallest absolute Gasteiger partial charge is 0.250 e. The molecule has 2 N–H and O–H groups in total. The second kappa shape index (κ2) is 9.29. The van der Waals surface area contributed by atoms with Crippen LogP contribution in [0.1, 0.15) is 5.76 Å². The average molecular weight is 553 g/mol. The molecule has 2 aromatic carbocycles. The fourth-order valence-corrected chi connectivity index (χ4v) is 3.91.